The number of carbonyl (C=O) groups excluding carboxylic acids is 1. The van der Waals surface area contributed by atoms with Crippen LogP contribution in [-0.4, -0.2) is 197 Å². The van der Waals surface area contributed by atoms with Gasteiger partial charge in [-0.3, -0.25) is 0 Å². The number of benzene rings is 2. The zero-order valence-electron chi connectivity index (χ0n) is 41.7. The molecule has 24 heteroatoms. The predicted molar refractivity (Wildman–Crippen MR) is 252 cm³/mol. The molecule has 2 aromatic carbocycles. The molecule has 0 spiro atoms. The molecule has 20 atom stereocenters. The number of aliphatic hydroxyl groups is 8. The summed E-state index contributed by atoms with van der Waals surface area (Å²) in [6, 6.07) is 8.77. The maximum absolute atomic E-state index is 14.4. The lowest BCUT2D eigenvalue weighted by molar-refractivity contribution is -0.350. The van der Waals surface area contributed by atoms with Crippen LogP contribution in [-0.2, 0) is 42.7 Å². The molecular formula is C51H69F2N3O19. The van der Waals surface area contributed by atoms with E-state index in [2.05, 4.69) is 10.3 Å². The van der Waals surface area contributed by atoms with Gasteiger partial charge in [-0.1, -0.05) is 62.4 Å². The van der Waals surface area contributed by atoms with Gasteiger partial charge in [-0.05, 0) is 80.7 Å². The van der Waals surface area contributed by atoms with E-state index in [4.69, 9.17) is 37.9 Å². The summed E-state index contributed by atoms with van der Waals surface area (Å²) in [4.78, 5) is 26.8. The number of aryl methyl sites for hydroxylation is 1. The Morgan fingerprint density at radius 1 is 0.773 bits per heavy atom. The van der Waals surface area contributed by atoms with Crippen LogP contribution in [0, 0.1) is 36.3 Å². The third-order valence-electron chi connectivity index (χ3n) is 15.2. The topological polar surface area (TPSA) is 321 Å². The highest BCUT2D eigenvalue weighted by atomic mass is 19.2. The van der Waals surface area contributed by atoms with Gasteiger partial charge in [0.25, 0.3) is 0 Å². The minimum absolute atomic E-state index is 0.00584. The number of halogens is 2. The molecule has 0 amide bonds. The molecule has 4 heterocycles. The van der Waals surface area contributed by atoms with Crippen LogP contribution in [0.25, 0.3) is 11.3 Å². The van der Waals surface area contributed by atoms with Crippen LogP contribution in [0.3, 0.4) is 0 Å². The second-order valence-corrected chi connectivity index (χ2v) is 20.6. The van der Waals surface area contributed by atoms with E-state index in [9.17, 15) is 64.3 Å². The van der Waals surface area contributed by atoms with E-state index in [-0.39, 0.29) is 54.2 Å². The number of aliphatic carboxylic acids is 1. The molecule has 3 saturated heterocycles. The standard InChI is InChI=1S/C51H69F2N3O19/c1-23-15-29(18-30(52)36(23)53)31-19-56(55-54-31)37-39(60)34(20-57)72-49(41(37)62)68-22-27-14-24(2)44(75-50-43(64)42(63)38(59)25(3)69-50)32(17-27)71-51-46(74-48(67)28-12-8-5-9-13-28)45(40(61)35(21-58)73-51)70-33(47(65)66)16-26-10-6-4-7-11-26/h5,8-9,12-13,15,18-19,24-27,32-35,37-46,49-51,57-64H,4,6-7,10-11,14,16-17,20-22H2,1-3H3,(H,65,66)/t24?,25?,27?,32-,33+,34?,35+,37?,38-,39-,40+,41?,42+,43?,44-,45?,46?,49+,50+,51-/m1/s1. The van der Waals surface area contributed by atoms with Crippen molar-refractivity contribution in [1.82, 2.24) is 15.0 Å². The van der Waals surface area contributed by atoms with Gasteiger partial charge in [0, 0.05) is 5.56 Å². The Kier molecular flexibility index (Phi) is 19.0. The second-order valence-electron chi connectivity index (χ2n) is 20.6. The first kappa shape index (κ1) is 57.0. The fourth-order valence-electron chi connectivity index (χ4n) is 11.0. The summed E-state index contributed by atoms with van der Waals surface area (Å²) in [5.41, 5.74) is 0.349. The number of carboxylic acid groups (broad SMARTS) is 1. The number of carbonyl (C=O) groups is 2. The third kappa shape index (κ3) is 12.9. The van der Waals surface area contributed by atoms with Gasteiger partial charge in [-0.2, -0.15) is 0 Å². The molecule has 9 N–H and O–H groups in total. The lowest BCUT2D eigenvalue weighted by atomic mass is 9.78. The first-order chi connectivity index (χ1) is 35.9. The molecule has 1 aromatic heterocycles. The maximum Gasteiger partial charge on any atom is 0.338 e. The molecule has 3 aromatic rings. The zero-order chi connectivity index (χ0) is 53.8. The summed E-state index contributed by atoms with van der Waals surface area (Å²) < 4.78 is 79.2. The number of aliphatic hydroxyl groups excluding tert-OH is 8. The van der Waals surface area contributed by atoms with Crippen molar-refractivity contribution in [2.24, 2.45) is 17.8 Å². The molecule has 0 bridgehead atoms. The van der Waals surface area contributed by atoms with Crippen molar-refractivity contribution in [3.8, 4) is 11.3 Å². The van der Waals surface area contributed by atoms with E-state index in [0.717, 1.165) is 42.9 Å². The SMILES string of the molecule is Cc1cc(-c2cn(C3C(O)[C@@H](OCC4CC(C)[C@@H](O[C@@H]5OC(C)[C@@H](O)[C@H](O)C5O)[C@H](O[C@@H]5O[C@@H](CO)[C@H](O)C(O[C@@H](CC6CCCCC6)C(=O)O)C5OC(=O)c5ccccc5)C4)OC(CO)[C@H]3O)nn2)cc(F)c1F. The fraction of sp³-hybridized carbons (Fsp3) is 0.686. The molecule has 9 unspecified atom stereocenters. The summed E-state index contributed by atoms with van der Waals surface area (Å²) in [5, 5.41) is 107. The number of hydrogen-bond acceptors (Lipinski definition) is 20. The molecule has 5 fully saturated rings. The second kappa shape index (κ2) is 25.1. The molecule has 2 aliphatic carbocycles. The predicted octanol–water partition coefficient (Wildman–Crippen LogP) is 1.28. The molecule has 75 heavy (non-hydrogen) atoms. The van der Waals surface area contributed by atoms with Crippen molar-refractivity contribution in [3.05, 3.63) is 71.4 Å². The lowest BCUT2D eigenvalue weighted by Gasteiger charge is -2.48. The minimum atomic E-state index is -1.75. The number of rotatable bonds is 18. The molecular weight excluding hydrogens is 997 g/mol. The van der Waals surface area contributed by atoms with Gasteiger partial charge in [-0.15, -0.1) is 5.10 Å². The van der Waals surface area contributed by atoms with Gasteiger partial charge in [0.05, 0.1) is 49.9 Å². The number of ether oxygens (including phenoxy) is 8. The first-order valence-corrected chi connectivity index (χ1v) is 25.6. The summed E-state index contributed by atoms with van der Waals surface area (Å²) in [7, 11) is 0. The van der Waals surface area contributed by atoms with E-state index in [1.165, 1.54) is 38.2 Å². The number of aromatic nitrogens is 3. The first-order valence-electron chi connectivity index (χ1n) is 25.6. The van der Waals surface area contributed by atoms with E-state index in [0.29, 0.717) is 0 Å². The normalized spacial score (nSPS) is 37.2. The van der Waals surface area contributed by atoms with Gasteiger partial charge in [-0.25, -0.2) is 23.1 Å². The fourth-order valence-corrected chi connectivity index (χ4v) is 11.0. The Labute approximate surface area is 431 Å². The van der Waals surface area contributed by atoms with E-state index in [1.54, 1.807) is 25.1 Å². The highest BCUT2D eigenvalue weighted by molar-refractivity contribution is 5.89. The zero-order valence-corrected chi connectivity index (χ0v) is 41.7. The Morgan fingerprint density at radius 2 is 1.47 bits per heavy atom. The average molecular weight is 1070 g/mol. The van der Waals surface area contributed by atoms with Crippen LogP contribution >= 0.6 is 0 Å². The number of esters is 1. The van der Waals surface area contributed by atoms with Crippen molar-refractivity contribution in [2.75, 3.05) is 19.8 Å². The van der Waals surface area contributed by atoms with Gasteiger partial charge in [0.2, 0.25) is 0 Å². The molecule has 22 nitrogen and oxygen atoms in total. The van der Waals surface area contributed by atoms with Crippen LogP contribution in [0.15, 0.2) is 48.7 Å². The molecule has 3 aliphatic heterocycles. The summed E-state index contributed by atoms with van der Waals surface area (Å²) >= 11 is 0. The molecule has 0 radical (unpaired) electrons. The van der Waals surface area contributed by atoms with Crippen molar-refractivity contribution in [2.45, 2.75) is 183 Å². The summed E-state index contributed by atoms with van der Waals surface area (Å²) in [5.74, 6) is -5.46. The van der Waals surface area contributed by atoms with Crippen molar-refractivity contribution >= 4 is 11.9 Å². The highest BCUT2D eigenvalue weighted by Crippen LogP contribution is 2.41. The van der Waals surface area contributed by atoms with Crippen LogP contribution in [0.1, 0.15) is 87.2 Å². The van der Waals surface area contributed by atoms with E-state index >= 15 is 0 Å². The molecule has 5 aliphatic rings. The van der Waals surface area contributed by atoms with Crippen LogP contribution < -0.4 is 0 Å². The smallest absolute Gasteiger partial charge is 0.338 e. The van der Waals surface area contributed by atoms with Crippen molar-refractivity contribution in [3.63, 3.8) is 0 Å². The molecule has 8 rings (SSSR count). The Balaban J connectivity index is 1.07. The van der Waals surface area contributed by atoms with E-state index < -0.39 is 159 Å². The van der Waals surface area contributed by atoms with Crippen LogP contribution in [0.2, 0.25) is 0 Å². The highest BCUT2D eigenvalue weighted by Gasteiger charge is 2.54. The largest absolute Gasteiger partial charge is 0.479 e. The minimum Gasteiger partial charge on any atom is -0.479 e. The van der Waals surface area contributed by atoms with Crippen molar-refractivity contribution in [1.29, 1.82) is 0 Å². The third-order valence-corrected chi connectivity index (χ3v) is 15.2. The van der Waals surface area contributed by atoms with Gasteiger partial charge >= 0.3 is 11.9 Å². The maximum atomic E-state index is 14.4. The van der Waals surface area contributed by atoms with Crippen LogP contribution in [0.5, 0.6) is 0 Å². The van der Waals surface area contributed by atoms with Crippen LogP contribution in [0.4, 0.5) is 8.78 Å². The van der Waals surface area contributed by atoms with E-state index in [1.807, 2.05) is 0 Å². The number of hydrogen-bond donors (Lipinski definition) is 9. The van der Waals surface area contributed by atoms with Crippen molar-refractivity contribution < 1.29 is 102 Å². The Hall–Kier alpha value is -4.22. The quantitative estimate of drug-likeness (QED) is 0.0811. The molecule has 416 valence electrons. The number of nitrogens with zero attached hydrogens (tertiary/aromatic N) is 3. The van der Waals surface area contributed by atoms with Gasteiger partial charge in [0.15, 0.2) is 42.7 Å². The Morgan fingerprint density at radius 3 is 2.15 bits per heavy atom. The number of carboxylic acids is 1. The van der Waals surface area contributed by atoms with Gasteiger partial charge in [0.1, 0.15) is 66.7 Å². The lowest BCUT2D eigenvalue weighted by Crippen LogP contribution is -2.64. The Bertz CT molecular complexity index is 2330. The average Bonchev–Trinajstić information content (AvgIpc) is 3.88. The molecule has 2 saturated carbocycles. The summed E-state index contributed by atoms with van der Waals surface area (Å²) in [6.07, 6.45) is -19.4. The monoisotopic (exact) mass is 1070 g/mol. The van der Waals surface area contributed by atoms with Gasteiger partial charge < -0.3 is 83.9 Å². The summed E-state index contributed by atoms with van der Waals surface area (Å²) in [6.45, 7) is 2.90.